The molecule has 0 unspecified atom stereocenters. The van der Waals surface area contributed by atoms with Crippen LogP contribution in [0.25, 0.3) is 0 Å². The van der Waals surface area contributed by atoms with Crippen molar-refractivity contribution in [3.8, 4) is 11.5 Å². The first-order valence-corrected chi connectivity index (χ1v) is 9.61. The number of sulfonamides is 1. The fraction of sp³-hybridized carbons (Fsp3) is 0.375. The number of aromatic nitrogens is 2. The van der Waals surface area contributed by atoms with Crippen LogP contribution in [-0.4, -0.2) is 31.4 Å². The van der Waals surface area contributed by atoms with Crippen LogP contribution in [0.4, 0.5) is 11.6 Å². The highest BCUT2D eigenvalue weighted by Gasteiger charge is 2.21. The standard InChI is InChI=1S/C16H18N4O4S/c21-25(22,12-5-6-13-14(9-12)24-10-23-13)20-16-8-7-15(18-19-16)17-11-3-1-2-4-11/h5-9,11H,1-4,10H2,(H,17,18)(H,19,20). The number of benzene rings is 1. The molecule has 0 atom stereocenters. The lowest BCUT2D eigenvalue weighted by atomic mass is 10.2. The number of nitrogens with zero attached hydrogens (tertiary/aromatic N) is 2. The molecule has 8 nitrogen and oxygen atoms in total. The highest BCUT2D eigenvalue weighted by molar-refractivity contribution is 7.92. The Morgan fingerprint density at radius 2 is 1.68 bits per heavy atom. The minimum atomic E-state index is -3.78. The molecule has 2 heterocycles. The SMILES string of the molecule is O=S(=O)(Nc1ccc(NC2CCCC2)nn1)c1ccc2c(c1)OCO2. The van der Waals surface area contributed by atoms with Gasteiger partial charge in [0, 0.05) is 12.1 Å². The average molecular weight is 362 g/mol. The summed E-state index contributed by atoms with van der Waals surface area (Å²) in [5.41, 5.74) is 0. The van der Waals surface area contributed by atoms with E-state index in [1.165, 1.54) is 25.0 Å². The largest absolute Gasteiger partial charge is 0.454 e. The monoisotopic (exact) mass is 362 g/mol. The quantitative estimate of drug-likeness (QED) is 0.842. The molecule has 2 N–H and O–H groups in total. The Balaban J connectivity index is 1.47. The number of hydrogen-bond acceptors (Lipinski definition) is 7. The summed E-state index contributed by atoms with van der Waals surface area (Å²) in [6.45, 7) is 0.0905. The van der Waals surface area contributed by atoms with Crippen LogP contribution < -0.4 is 19.5 Å². The Bertz CT molecular complexity index is 864. The minimum absolute atomic E-state index is 0.0757. The Hall–Kier alpha value is -2.55. The van der Waals surface area contributed by atoms with Gasteiger partial charge in [-0.3, -0.25) is 4.72 Å². The molecular weight excluding hydrogens is 344 g/mol. The fourth-order valence-corrected chi connectivity index (χ4v) is 4.00. The number of fused-ring (bicyclic) bond motifs is 1. The van der Waals surface area contributed by atoms with Crippen molar-refractivity contribution in [2.75, 3.05) is 16.8 Å². The molecule has 2 aromatic rings. The first-order chi connectivity index (χ1) is 12.1. The molecule has 4 rings (SSSR count). The first-order valence-electron chi connectivity index (χ1n) is 8.13. The van der Waals surface area contributed by atoms with Gasteiger partial charge < -0.3 is 14.8 Å². The van der Waals surface area contributed by atoms with Gasteiger partial charge in [-0.05, 0) is 37.1 Å². The van der Waals surface area contributed by atoms with Crippen molar-refractivity contribution in [1.82, 2.24) is 10.2 Å². The summed E-state index contributed by atoms with van der Waals surface area (Å²) in [6, 6.07) is 8.19. The van der Waals surface area contributed by atoms with Gasteiger partial charge in [-0.1, -0.05) is 12.8 Å². The van der Waals surface area contributed by atoms with Crippen LogP contribution in [0, 0.1) is 0 Å². The molecule has 1 aromatic heterocycles. The topological polar surface area (TPSA) is 102 Å². The molecule has 9 heteroatoms. The van der Waals surface area contributed by atoms with Crippen molar-refractivity contribution in [2.45, 2.75) is 36.6 Å². The van der Waals surface area contributed by atoms with Gasteiger partial charge in [-0.15, -0.1) is 10.2 Å². The van der Waals surface area contributed by atoms with E-state index in [9.17, 15) is 8.42 Å². The molecule has 132 valence electrons. The van der Waals surface area contributed by atoms with Gasteiger partial charge in [-0.2, -0.15) is 0 Å². The molecule has 0 spiro atoms. The van der Waals surface area contributed by atoms with Crippen LogP contribution in [-0.2, 0) is 10.0 Å². The Labute approximate surface area is 145 Å². The Morgan fingerprint density at radius 3 is 2.44 bits per heavy atom. The third kappa shape index (κ3) is 3.46. The van der Waals surface area contributed by atoms with Gasteiger partial charge in [0.05, 0.1) is 4.90 Å². The van der Waals surface area contributed by atoms with Gasteiger partial charge in [0.1, 0.15) is 5.82 Å². The third-order valence-corrected chi connectivity index (χ3v) is 5.62. The predicted molar refractivity (Wildman–Crippen MR) is 91.3 cm³/mol. The zero-order valence-electron chi connectivity index (χ0n) is 13.4. The number of hydrogen-bond donors (Lipinski definition) is 2. The molecule has 25 heavy (non-hydrogen) atoms. The molecule has 1 aromatic carbocycles. The van der Waals surface area contributed by atoms with E-state index in [-0.39, 0.29) is 17.5 Å². The number of anilines is 2. The molecule has 1 fully saturated rings. The lowest BCUT2D eigenvalue weighted by molar-refractivity contribution is 0.174. The zero-order valence-corrected chi connectivity index (χ0v) is 14.3. The highest BCUT2D eigenvalue weighted by Crippen LogP contribution is 2.34. The summed E-state index contributed by atoms with van der Waals surface area (Å²) in [5.74, 6) is 1.75. The van der Waals surface area contributed by atoms with Gasteiger partial charge in [0.15, 0.2) is 17.3 Å². The summed E-state index contributed by atoms with van der Waals surface area (Å²) in [5, 5.41) is 11.3. The second kappa shape index (κ2) is 6.40. The highest BCUT2D eigenvalue weighted by atomic mass is 32.2. The van der Waals surface area contributed by atoms with Crippen LogP contribution >= 0.6 is 0 Å². The smallest absolute Gasteiger partial charge is 0.263 e. The molecule has 0 bridgehead atoms. The van der Waals surface area contributed by atoms with Crippen molar-refractivity contribution >= 4 is 21.7 Å². The summed E-state index contributed by atoms with van der Waals surface area (Å²) >= 11 is 0. The van der Waals surface area contributed by atoms with Gasteiger partial charge in [-0.25, -0.2) is 8.42 Å². The molecular formula is C16H18N4O4S. The third-order valence-electron chi connectivity index (χ3n) is 4.26. The maximum Gasteiger partial charge on any atom is 0.263 e. The van der Waals surface area contributed by atoms with Crippen molar-refractivity contribution < 1.29 is 17.9 Å². The molecule has 1 aliphatic carbocycles. The van der Waals surface area contributed by atoms with E-state index >= 15 is 0 Å². The molecule has 0 saturated heterocycles. The van der Waals surface area contributed by atoms with E-state index in [1.54, 1.807) is 18.2 Å². The molecule has 2 aliphatic rings. The van der Waals surface area contributed by atoms with Gasteiger partial charge >= 0.3 is 0 Å². The van der Waals surface area contributed by atoms with E-state index in [2.05, 4.69) is 20.2 Å². The van der Waals surface area contributed by atoms with Crippen LogP contribution in [0.15, 0.2) is 35.2 Å². The van der Waals surface area contributed by atoms with Crippen molar-refractivity contribution in [3.05, 3.63) is 30.3 Å². The maximum absolute atomic E-state index is 12.5. The molecule has 0 radical (unpaired) electrons. The van der Waals surface area contributed by atoms with Crippen LogP contribution in [0.2, 0.25) is 0 Å². The first kappa shape index (κ1) is 15.9. The van der Waals surface area contributed by atoms with Crippen LogP contribution in [0.1, 0.15) is 25.7 Å². The second-order valence-electron chi connectivity index (χ2n) is 6.05. The van der Waals surface area contributed by atoms with E-state index in [1.807, 2.05) is 0 Å². The van der Waals surface area contributed by atoms with Crippen LogP contribution in [0.5, 0.6) is 11.5 Å². The lowest BCUT2D eigenvalue weighted by Gasteiger charge is -2.12. The normalized spacial score (nSPS) is 16.8. The van der Waals surface area contributed by atoms with Crippen molar-refractivity contribution in [1.29, 1.82) is 0 Å². The summed E-state index contributed by atoms with van der Waals surface area (Å²) in [4.78, 5) is 0.0757. The molecule has 1 saturated carbocycles. The average Bonchev–Trinajstić information content (AvgIpc) is 3.27. The fourth-order valence-electron chi connectivity index (χ4n) is 2.98. The summed E-state index contributed by atoms with van der Waals surface area (Å²) < 4.78 is 37.8. The van der Waals surface area contributed by atoms with E-state index < -0.39 is 10.0 Å². The Morgan fingerprint density at radius 1 is 0.960 bits per heavy atom. The minimum Gasteiger partial charge on any atom is -0.454 e. The Kier molecular flexibility index (Phi) is 4.08. The summed E-state index contributed by atoms with van der Waals surface area (Å²) in [6.07, 6.45) is 4.69. The molecule has 1 aliphatic heterocycles. The van der Waals surface area contributed by atoms with E-state index in [4.69, 9.17) is 9.47 Å². The van der Waals surface area contributed by atoms with Crippen molar-refractivity contribution in [3.63, 3.8) is 0 Å². The zero-order chi connectivity index (χ0) is 17.3. The number of rotatable bonds is 5. The van der Waals surface area contributed by atoms with E-state index in [0.717, 1.165) is 12.8 Å². The van der Waals surface area contributed by atoms with E-state index in [0.29, 0.717) is 23.4 Å². The van der Waals surface area contributed by atoms with Crippen LogP contribution in [0.3, 0.4) is 0 Å². The summed E-state index contributed by atoms with van der Waals surface area (Å²) in [7, 11) is -3.78. The predicted octanol–water partition coefficient (Wildman–Crippen LogP) is 2.36. The second-order valence-corrected chi connectivity index (χ2v) is 7.73. The van der Waals surface area contributed by atoms with Gasteiger partial charge in [0.2, 0.25) is 6.79 Å². The maximum atomic E-state index is 12.5. The number of ether oxygens (including phenoxy) is 2. The van der Waals surface area contributed by atoms with Gasteiger partial charge in [0.25, 0.3) is 10.0 Å². The number of nitrogens with one attached hydrogen (secondary N) is 2. The lowest BCUT2D eigenvalue weighted by Crippen LogP contribution is -2.17. The van der Waals surface area contributed by atoms with Crippen molar-refractivity contribution in [2.24, 2.45) is 0 Å². The molecule has 0 amide bonds.